The van der Waals surface area contributed by atoms with E-state index in [1.165, 1.54) is 21.9 Å². The largest absolute Gasteiger partial charge is 0.537 e. The van der Waals surface area contributed by atoms with Crippen molar-refractivity contribution in [1.82, 2.24) is 0 Å². The summed E-state index contributed by atoms with van der Waals surface area (Å²) < 4.78 is 24.1. The molecule has 0 amide bonds. The monoisotopic (exact) mass is 494 g/mol. The van der Waals surface area contributed by atoms with Crippen molar-refractivity contribution in [2.45, 2.75) is 47.1 Å². The molecule has 3 aromatic carbocycles. The lowest BCUT2D eigenvalue weighted by atomic mass is 10.0. The molecule has 0 aliphatic rings. The highest BCUT2D eigenvalue weighted by Gasteiger charge is 2.43. The van der Waals surface area contributed by atoms with Gasteiger partial charge in [-0.25, -0.2) is 0 Å². The first-order chi connectivity index (χ1) is 16.3. The van der Waals surface area contributed by atoms with Crippen LogP contribution in [0.2, 0.25) is 0 Å². The fraction of sp³-hybridized carbons (Fsp3) is 0.357. The van der Waals surface area contributed by atoms with Gasteiger partial charge in [0.2, 0.25) is 0 Å². The van der Waals surface area contributed by atoms with E-state index in [2.05, 4.69) is 93.6 Å². The molecule has 0 unspecified atom stereocenters. The van der Waals surface area contributed by atoms with E-state index < -0.39 is 18.6 Å². The highest BCUT2D eigenvalue weighted by Crippen LogP contribution is 2.25. The normalized spacial score (nSPS) is 12.5. The Labute approximate surface area is 208 Å². The van der Waals surface area contributed by atoms with Crippen LogP contribution in [0.5, 0.6) is 0 Å². The van der Waals surface area contributed by atoms with Gasteiger partial charge in [-0.3, -0.25) is 0 Å². The van der Waals surface area contributed by atoms with E-state index in [0.717, 1.165) is 10.8 Å². The maximum Gasteiger partial charge on any atom is 0.537 e. The van der Waals surface area contributed by atoms with Crippen LogP contribution in [0, 0.1) is 0 Å². The molecule has 3 rings (SSSR count). The zero-order valence-corrected chi connectivity index (χ0v) is 23.8. The second-order valence-corrected chi connectivity index (χ2v) is 13.1. The number of rotatable bonds is 11. The van der Waals surface area contributed by atoms with Gasteiger partial charge in [0.25, 0.3) is 0 Å². The molecule has 0 aliphatic heterocycles. The SMILES string of the molecule is CCO[Si](OCC)(OCC)c1ccc(-c2ccc(-c3ccc([SiH2]OC(C)(C)C)cc3)cc2)cc1. The molecule has 4 nitrogen and oxygen atoms in total. The van der Waals surface area contributed by atoms with Gasteiger partial charge in [-0.15, -0.1) is 0 Å². The van der Waals surface area contributed by atoms with Gasteiger partial charge in [0, 0.05) is 30.6 Å². The van der Waals surface area contributed by atoms with Gasteiger partial charge in [0.05, 0.1) is 0 Å². The molecule has 34 heavy (non-hydrogen) atoms. The molecule has 0 radical (unpaired) electrons. The Morgan fingerprint density at radius 1 is 0.588 bits per heavy atom. The Bertz CT molecular complexity index is 993. The van der Waals surface area contributed by atoms with Crippen molar-refractivity contribution in [3.05, 3.63) is 72.8 Å². The molecule has 0 aromatic heterocycles. The van der Waals surface area contributed by atoms with Gasteiger partial charge < -0.3 is 17.7 Å². The van der Waals surface area contributed by atoms with Crippen LogP contribution in [0.25, 0.3) is 22.3 Å². The zero-order valence-electron chi connectivity index (χ0n) is 21.4. The Morgan fingerprint density at radius 2 is 0.941 bits per heavy atom. The maximum absolute atomic E-state index is 6.04. The molecule has 0 fully saturated rings. The van der Waals surface area contributed by atoms with E-state index in [1.807, 2.05) is 20.8 Å². The fourth-order valence-electron chi connectivity index (χ4n) is 3.76. The zero-order chi connectivity index (χ0) is 24.6. The van der Waals surface area contributed by atoms with Gasteiger partial charge in [-0.05, 0) is 69.0 Å². The van der Waals surface area contributed by atoms with Gasteiger partial charge in [-0.1, -0.05) is 72.8 Å². The molecule has 0 bridgehead atoms. The Hall–Kier alpha value is -2.07. The lowest BCUT2D eigenvalue weighted by molar-refractivity contribution is 0.0859. The molecule has 0 heterocycles. The van der Waals surface area contributed by atoms with Crippen LogP contribution < -0.4 is 10.4 Å². The maximum atomic E-state index is 6.04. The summed E-state index contributed by atoms with van der Waals surface area (Å²) >= 11 is 0. The van der Waals surface area contributed by atoms with Crippen LogP contribution in [-0.4, -0.2) is 44.0 Å². The summed E-state index contributed by atoms with van der Waals surface area (Å²) in [5, 5.41) is 2.32. The predicted octanol–water partition coefficient (Wildman–Crippen LogP) is 4.80. The molecule has 0 saturated carbocycles. The minimum absolute atomic E-state index is 0.0717. The van der Waals surface area contributed by atoms with Crippen molar-refractivity contribution in [3.63, 3.8) is 0 Å². The van der Waals surface area contributed by atoms with Crippen molar-refractivity contribution < 1.29 is 17.7 Å². The van der Waals surface area contributed by atoms with E-state index in [9.17, 15) is 0 Å². The summed E-state index contributed by atoms with van der Waals surface area (Å²) in [5.74, 6) is 0. The van der Waals surface area contributed by atoms with E-state index in [0.29, 0.717) is 19.8 Å². The van der Waals surface area contributed by atoms with E-state index in [-0.39, 0.29) is 5.60 Å². The third-order valence-corrected chi connectivity index (χ3v) is 10.3. The summed E-state index contributed by atoms with van der Waals surface area (Å²) in [4.78, 5) is 0. The Balaban J connectivity index is 1.74. The molecule has 3 aromatic rings. The predicted molar refractivity (Wildman–Crippen MR) is 147 cm³/mol. The van der Waals surface area contributed by atoms with Gasteiger partial charge in [0.15, 0.2) is 9.76 Å². The van der Waals surface area contributed by atoms with Gasteiger partial charge in [0.1, 0.15) is 0 Å². The van der Waals surface area contributed by atoms with Crippen LogP contribution in [0.3, 0.4) is 0 Å². The van der Waals surface area contributed by atoms with Crippen molar-refractivity contribution in [1.29, 1.82) is 0 Å². The van der Waals surface area contributed by atoms with Gasteiger partial charge >= 0.3 is 8.80 Å². The summed E-state index contributed by atoms with van der Waals surface area (Å²) in [7, 11) is -3.58. The van der Waals surface area contributed by atoms with Crippen molar-refractivity contribution in [3.8, 4) is 22.3 Å². The van der Waals surface area contributed by atoms with Crippen molar-refractivity contribution >= 4 is 28.9 Å². The van der Waals surface area contributed by atoms with Crippen LogP contribution in [0.15, 0.2) is 72.8 Å². The first-order valence-electron chi connectivity index (χ1n) is 12.2. The molecule has 182 valence electrons. The van der Waals surface area contributed by atoms with Crippen molar-refractivity contribution in [2.75, 3.05) is 19.8 Å². The van der Waals surface area contributed by atoms with Crippen LogP contribution in [0.4, 0.5) is 0 Å². The minimum atomic E-state index is -2.88. The fourth-order valence-corrected chi connectivity index (χ4v) is 7.25. The molecule has 6 heteroatoms. The van der Waals surface area contributed by atoms with Gasteiger partial charge in [-0.2, -0.15) is 0 Å². The van der Waals surface area contributed by atoms with Crippen molar-refractivity contribution in [2.24, 2.45) is 0 Å². The Kier molecular flexibility index (Phi) is 9.42. The summed E-state index contributed by atoms with van der Waals surface area (Å²) in [5.41, 5.74) is 4.69. The third kappa shape index (κ3) is 6.98. The van der Waals surface area contributed by atoms with Crippen LogP contribution in [-0.2, 0) is 17.7 Å². The summed E-state index contributed by atoms with van der Waals surface area (Å²) in [6.45, 7) is 13.9. The number of benzene rings is 3. The molecule has 0 aliphatic carbocycles. The van der Waals surface area contributed by atoms with Crippen LogP contribution in [0.1, 0.15) is 41.5 Å². The average Bonchev–Trinajstić information content (AvgIpc) is 2.83. The molecule has 0 atom stereocenters. The summed E-state index contributed by atoms with van der Waals surface area (Å²) in [6, 6.07) is 25.9. The van der Waals surface area contributed by atoms with Crippen LogP contribution >= 0.6 is 0 Å². The molecule has 0 spiro atoms. The molecule has 0 saturated heterocycles. The third-order valence-electron chi connectivity index (χ3n) is 5.42. The Morgan fingerprint density at radius 3 is 1.29 bits per heavy atom. The average molecular weight is 495 g/mol. The highest BCUT2D eigenvalue weighted by atomic mass is 28.4. The van der Waals surface area contributed by atoms with E-state index in [1.54, 1.807) is 0 Å². The molecular weight excluding hydrogens is 456 g/mol. The minimum Gasteiger partial charge on any atom is -0.414 e. The topological polar surface area (TPSA) is 36.9 Å². The molecular formula is C28H38O4Si2. The number of hydrogen-bond acceptors (Lipinski definition) is 4. The van der Waals surface area contributed by atoms with E-state index in [4.69, 9.17) is 17.7 Å². The lowest BCUT2D eigenvalue weighted by Gasteiger charge is -2.28. The summed E-state index contributed by atoms with van der Waals surface area (Å²) in [6.07, 6.45) is 0. The first-order valence-corrected chi connectivity index (χ1v) is 15.2. The lowest BCUT2D eigenvalue weighted by Crippen LogP contribution is -2.56. The smallest absolute Gasteiger partial charge is 0.414 e. The first kappa shape index (κ1) is 26.5. The second-order valence-electron chi connectivity index (χ2n) is 9.11. The number of hydrogen-bond donors (Lipinski definition) is 0. The quantitative estimate of drug-likeness (QED) is 0.359. The molecule has 0 N–H and O–H groups in total. The van der Waals surface area contributed by atoms with E-state index >= 15 is 0 Å². The second kappa shape index (κ2) is 12.1. The highest BCUT2D eigenvalue weighted by molar-refractivity contribution is 6.75. The standard InChI is InChI=1S/C28H38O4Si2/c1-7-29-34(30-8-2,31-9-3)27-20-16-25(17-21-27)23-12-10-22(11-13-23)24-14-18-26(19-15-24)33-32-28(4,5)6/h10-21H,7-9,33H2,1-6H3.